The SMILES string of the molecule is NCC(Nc1ncnc2nc[nH]c12)C1CCCCC1. The zero-order chi connectivity index (χ0) is 13.1. The summed E-state index contributed by atoms with van der Waals surface area (Å²) in [6, 6.07) is 0.279. The number of anilines is 1. The Hall–Kier alpha value is -1.69. The molecule has 1 aliphatic rings. The first kappa shape index (κ1) is 12.3. The van der Waals surface area contributed by atoms with Crippen LogP contribution in [0.25, 0.3) is 11.2 Å². The summed E-state index contributed by atoms with van der Waals surface area (Å²) >= 11 is 0. The summed E-state index contributed by atoms with van der Waals surface area (Å²) in [6.07, 6.45) is 9.67. The van der Waals surface area contributed by atoms with Crippen LogP contribution in [-0.2, 0) is 0 Å². The lowest BCUT2D eigenvalue weighted by Gasteiger charge is -2.30. The van der Waals surface area contributed by atoms with Crippen LogP contribution < -0.4 is 11.1 Å². The molecule has 0 aromatic carbocycles. The Morgan fingerprint density at radius 1 is 1.26 bits per heavy atom. The molecule has 1 atom stereocenters. The van der Waals surface area contributed by atoms with Crippen molar-refractivity contribution in [1.82, 2.24) is 19.9 Å². The molecule has 1 saturated carbocycles. The average molecular weight is 260 g/mol. The summed E-state index contributed by atoms with van der Waals surface area (Å²) < 4.78 is 0. The maximum Gasteiger partial charge on any atom is 0.182 e. The highest BCUT2D eigenvalue weighted by molar-refractivity contribution is 5.82. The van der Waals surface area contributed by atoms with E-state index in [4.69, 9.17) is 5.73 Å². The minimum absolute atomic E-state index is 0.279. The maximum absolute atomic E-state index is 5.94. The van der Waals surface area contributed by atoms with Crippen LogP contribution in [0.4, 0.5) is 5.82 Å². The summed E-state index contributed by atoms with van der Waals surface area (Å²) in [5.74, 6) is 1.45. The Morgan fingerprint density at radius 3 is 2.89 bits per heavy atom. The summed E-state index contributed by atoms with van der Waals surface area (Å²) in [7, 11) is 0. The number of H-pyrrole nitrogens is 1. The summed E-state index contributed by atoms with van der Waals surface area (Å²) in [5.41, 5.74) is 7.49. The molecule has 0 radical (unpaired) electrons. The number of aromatic amines is 1. The number of imidazole rings is 1. The van der Waals surface area contributed by atoms with Gasteiger partial charge < -0.3 is 16.0 Å². The van der Waals surface area contributed by atoms with E-state index in [1.165, 1.54) is 32.1 Å². The van der Waals surface area contributed by atoms with E-state index < -0.39 is 0 Å². The van der Waals surface area contributed by atoms with E-state index >= 15 is 0 Å². The molecule has 2 aromatic heterocycles. The van der Waals surface area contributed by atoms with Gasteiger partial charge in [-0.15, -0.1) is 0 Å². The van der Waals surface area contributed by atoms with Crippen molar-refractivity contribution in [1.29, 1.82) is 0 Å². The van der Waals surface area contributed by atoms with Crippen molar-refractivity contribution in [2.75, 3.05) is 11.9 Å². The van der Waals surface area contributed by atoms with E-state index in [0.717, 1.165) is 11.3 Å². The molecule has 1 fully saturated rings. The van der Waals surface area contributed by atoms with Gasteiger partial charge in [-0.25, -0.2) is 15.0 Å². The number of nitrogens with two attached hydrogens (primary N) is 1. The number of rotatable bonds is 4. The summed E-state index contributed by atoms with van der Waals surface area (Å²) in [5, 5.41) is 3.48. The van der Waals surface area contributed by atoms with E-state index in [2.05, 4.69) is 25.3 Å². The van der Waals surface area contributed by atoms with Crippen molar-refractivity contribution in [3.63, 3.8) is 0 Å². The molecule has 1 unspecified atom stereocenters. The Bertz CT molecular complexity index is 531. The molecule has 102 valence electrons. The van der Waals surface area contributed by atoms with Crippen molar-refractivity contribution in [3.8, 4) is 0 Å². The predicted molar refractivity (Wildman–Crippen MR) is 74.7 cm³/mol. The van der Waals surface area contributed by atoms with Gasteiger partial charge in [-0.2, -0.15) is 0 Å². The normalized spacial score (nSPS) is 18.6. The van der Waals surface area contributed by atoms with Gasteiger partial charge in [0.1, 0.15) is 11.8 Å². The van der Waals surface area contributed by atoms with Crippen LogP contribution in [0.3, 0.4) is 0 Å². The van der Waals surface area contributed by atoms with E-state index in [-0.39, 0.29) is 6.04 Å². The fraction of sp³-hybridized carbons (Fsp3) is 0.615. The van der Waals surface area contributed by atoms with E-state index in [1.54, 1.807) is 12.7 Å². The second kappa shape index (κ2) is 5.52. The van der Waals surface area contributed by atoms with Crippen LogP contribution >= 0.6 is 0 Å². The average Bonchev–Trinajstić information content (AvgIpc) is 2.95. The van der Waals surface area contributed by atoms with Gasteiger partial charge in [0.05, 0.1) is 6.33 Å². The number of nitrogens with zero attached hydrogens (tertiary/aromatic N) is 3. The monoisotopic (exact) mass is 260 g/mol. The molecule has 3 rings (SSSR count). The molecule has 4 N–H and O–H groups in total. The molecule has 1 aliphatic carbocycles. The highest BCUT2D eigenvalue weighted by atomic mass is 15.1. The molecule has 2 heterocycles. The quantitative estimate of drug-likeness (QED) is 0.777. The van der Waals surface area contributed by atoms with Gasteiger partial charge in [0.25, 0.3) is 0 Å². The second-order valence-corrected chi connectivity index (χ2v) is 5.21. The van der Waals surface area contributed by atoms with Crippen molar-refractivity contribution >= 4 is 17.0 Å². The molecule has 6 heteroatoms. The highest BCUT2D eigenvalue weighted by Gasteiger charge is 2.23. The lowest BCUT2D eigenvalue weighted by atomic mass is 9.84. The predicted octanol–water partition coefficient (Wildman–Crippen LogP) is 1.67. The fourth-order valence-corrected chi connectivity index (χ4v) is 2.96. The van der Waals surface area contributed by atoms with Crippen molar-refractivity contribution in [3.05, 3.63) is 12.7 Å². The molecule has 6 nitrogen and oxygen atoms in total. The van der Waals surface area contributed by atoms with Crippen LogP contribution in [0.5, 0.6) is 0 Å². The summed E-state index contributed by atoms with van der Waals surface area (Å²) in [4.78, 5) is 15.7. The lowest BCUT2D eigenvalue weighted by Crippen LogP contribution is -2.37. The van der Waals surface area contributed by atoms with Gasteiger partial charge in [-0.3, -0.25) is 0 Å². The number of aromatic nitrogens is 4. The maximum atomic E-state index is 5.94. The zero-order valence-electron chi connectivity index (χ0n) is 11.0. The van der Waals surface area contributed by atoms with Crippen molar-refractivity contribution in [2.24, 2.45) is 11.7 Å². The molecular formula is C13H20N6. The number of fused-ring (bicyclic) bond motifs is 1. The Labute approximate surface area is 112 Å². The number of hydrogen-bond acceptors (Lipinski definition) is 5. The van der Waals surface area contributed by atoms with Crippen LogP contribution in [0.2, 0.25) is 0 Å². The Balaban J connectivity index is 1.79. The smallest absolute Gasteiger partial charge is 0.182 e. The third-order valence-electron chi connectivity index (χ3n) is 4.02. The molecule has 0 spiro atoms. The highest BCUT2D eigenvalue weighted by Crippen LogP contribution is 2.28. The first-order valence-electron chi connectivity index (χ1n) is 6.99. The third-order valence-corrected chi connectivity index (χ3v) is 4.02. The van der Waals surface area contributed by atoms with Gasteiger partial charge in [-0.1, -0.05) is 19.3 Å². The lowest BCUT2D eigenvalue weighted by molar-refractivity contribution is 0.320. The Kier molecular flexibility index (Phi) is 3.59. The minimum Gasteiger partial charge on any atom is -0.364 e. The van der Waals surface area contributed by atoms with Crippen molar-refractivity contribution < 1.29 is 0 Å². The standard InChI is InChI=1S/C13H20N6/c14-6-10(9-4-2-1-3-5-9)19-13-11-12(16-7-15-11)17-8-18-13/h7-10H,1-6,14H2,(H2,15,16,17,18,19). The summed E-state index contributed by atoms with van der Waals surface area (Å²) in [6.45, 7) is 0.629. The van der Waals surface area contributed by atoms with Crippen LogP contribution in [-0.4, -0.2) is 32.5 Å². The van der Waals surface area contributed by atoms with Gasteiger partial charge >= 0.3 is 0 Å². The minimum atomic E-state index is 0.279. The van der Waals surface area contributed by atoms with Crippen LogP contribution in [0.1, 0.15) is 32.1 Å². The van der Waals surface area contributed by atoms with Crippen LogP contribution in [0.15, 0.2) is 12.7 Å². The first-order valence-corrected chi connectivity index (χ1v) is 6.99. The Morgan fingerprint density at radius 2 is 2.11 bits per heavy atom. The molecule has 19 heavy (non-hydrogen) atoms. The molecule has 0 bridgehead atoms. The van der Waals surface area contributed by atoms with Gasteiger partial charge in [0.15, 0.2) is 11.5 Å². The molecular weight excluding hydrogens is 240 g/mol. The van der Waals surface area contributed by atoms with E-state index in [0.29, 0.717) is 18.1 Å². The van der Waals surface area contributed by atoms with Gasteiger partial charge in [0, 0.05) is 12.6 Å². The largest absolute Gasteiger partial charge is 0.364 e. The number of hydrogen-bond donors (Lipinski definition) is 3. The van der Waals surface area contributed by atoms with Gasteiger partial charge in [-0.05, 0) is 18.8 Å². The van der Waals surface area contributed by atoms with Crippen LogP contribution in [0, 0.1) is 5.92 Å². The van der Waals surface area contributed by atoms with E-state index in [9.17, 15) is 0 Å². The zero-order valence-corrected chi connectivity index (χ0v) is 11.0. The van der Waals surface area contributed by atoms with Crippen molar-refractivity contribution in [2.45, 2.75) is 38.1 Å². The third kappa shape index (κ3) is 2.53. The molecule has 0 aliphatic heterocycles. The molecule has 0 saturated heterocycles. The molecule has 0 amide bonds. The van der Waals surface area contributed by atoms with E-state index in [1.807, 2.05) is 0 Å². The second-order valence-electron chi connectivity index (χ2n) is 5.21. The number of nitrogens with one attached hydrogen (secondary N) is 2. The topological polar surface area (TPSA) is 92.5 Å². The van der Waals surface area contributed by atoms with Gasteiger partial charge in [0.2, 0.25) is 0 Å². The first-order chi connectivity index (χ1) is 9.38. The fourth-order valence-electron chi connectivity index (χ4n) is 2.96. The molecule has 2 aromatic rings.